The Hall–Kier alpha value is -2.07. The summed E-state index contributed by atoms with van der Waals surface area (Å²) in [5.41, 5.74) is 3.34. The van der Waals surface area contributed by atoms with Gasteiger partial charge in [-0.2, -0.15) is 0 Å². The number of hydrogen-bond donors (Lipinski definition) is 0. The number of aldehydes is 1. The van der Waals surface area contributed by atoms with Crippen LogP contribution in [-0.2, 0) is 0 Å². The van der Waals surface area contributed by atoms with E-state index in [0.29, 0.717) is 11.5 Å². The summed E-state index contributed by atoms with van der Waals surface area (Å²) >= 11 is 1.64. The van der Waals surface area contributed by atoms with Gasteiger partial charge in [0.1, 0.15) is 10.6 Å². The lowest BCUT2D eigenvalue weighted by Crippen LogP contribution is -1.99. The maximum atomic E-state index is 13.2. The first-order valence-corrected chi connectivity index (χ1v) is 8.14. The predicted molar refractivity (Wildman–Crippen MR) is 87.1 cm³/mol. The van der Waals surface area contributed by atoms with Crippen LogP contribution in [0.2, 0.25) is 0 Å². The monoisotopic (exact) mass is 311 g/mol. The average molecular weight is 311 g/mol. The van der Waals surface area contributed by atoms with Gasteiger partial charge in [-0.3, -0.25) is 4.79 Å². The van der Waals surface area contributed by atoms with Gasteiger partial charge in [-0.15, -0.1) is 11.3 Å². The van der Waals surface area contributed by atoms with Crippen molar-refractivity contribution in [2.24, 2.45) is 0 Å². The van der Waals surface area contributed by atoms with Crippen molar-refractivity contribution < 1.29 is 9.18 Å². The van der Waals surface area contributed by atoms with Crippen molar-refractivity contribution in [3.05, 3.63) is 52.3 Å². The molecule has 1 fully saturated rings. The third-order valence-electron chi connectivity index (χ3n) is 4.09. The molecule has 1 saturated carbocycles. The van der Waals surface area contributed by atoms with E-state index in [1.165, 1.54) is 12.1 Å². The lowest BCUT2D eigenvalue weighted by Gasteiger charge is -2.11. The highest BCUT2D eigenvalue weighted by Crippen LogP contribution is 2.45. The maximum absolute atomic E-state index is 13.2. The van der Waals surface area contributed by atoms with Crippen LogP contribution in [0.3, 0.4) is 0 Å². The lowest BCUT2D eigenvalue weighted by atomic mass is 9.95. The SMILES string of the molecule is Cc1cc2c(-c3ccc(F)cc3)c(C=O)c(C3CC3)nc2s1. The molecule has 0 radical (unpaired) electrons. The number of aryl methyl sites for hydroxylation is 1. The van der Waals surface area contributed by atoms with Crippen LogP contribution in [0.5, 0.6) is 0 Å². The number of halogens is 1. The van der Waals surface area contributed by atoms with Crippen molar-refractivity contribution in [2.45, 2.75) is 25.7 Å². The van der Waals surface area contributed by atoms with Gasteiger partial charge in [0.15, 0.2) is 6.29 Å². The second kappa shape index (κ2) is 4.99. The molecule has 22 heavy (non-hydrogen) atoms. The van der Waals surface area contributed by atoms with E-state index < -0.39 is 0 Å². The largest absolute Gasteiger partial charge is 0.298 e. The normalized spacial score (nSPS) is 14.5. The van der Waals surface area contributed by atoms with Crippen LogP contribution in [0.4, 0.5) is 4.39 Å². The molecule has 0 spiro atoms. The highest BCUT2D eigenvalue weighted by Gasteiger charge is 2.30. The summed E-state index contributed by atoms with van der Waals surface area (Å²) in [6.45, 7) is 2.04. The Morgan fingerprint density at radius 3 is 2.64 bits per heavy atom. The number of thiophene rings is 1. The molecule has 2 heterocycles. The molecule has 0 bridgehead atoms. The Morgan fingerprint density at radius 1 is 1.27 bits per heavy atom. The molecule has 1 aliphatic carbocycles. The summed E-state index contributed by atoms with van der Waals surface area (Å²) in [5.74, 6) is 0.122. The van der Waals surface area contributed by atoms with Gasteiger partial charge in [-0.25, -0.2) is 9.37 Å². The summed E-state index contributed by atoms with van der Waals surface area (Å²) in [4.78, 5) is 18.6. The molecule has 3 aromatic rings. The van der Waals surface area contributed by atoms with Gasteiger partial charge in [-0.1, -0.05) is 12.1 Å². The van der Waals surface area contributed by atoms with E-state index in [2.05, 4.69) is 6.07 Å². The van der Waals surface area contributed by atoms with Crippen molar-refractivity contribution in [1.82, 2.24) is 4.98 Å². The zero-order valence-electron chi connectivity index (χ0n) is 12.1. The van der Waals surface area contributed by atoms with Gasteiger partial charge < -0.3 is 0 Å². The van der Waals surface area contributed by atoms with E-state index in [9.17, 15) is 9.18 Å². The smallest absolute Gasteiger partial charge is 0.152 e. The summed E-state index contributed by atoms with van der Waals surface area (Å²) < 4.78 is 13.2. The molecular weight excluding hydrogens is 297 g/mol. The van der Waals surface area contributed by atoms with Crippen LogP contribution in [0.15, 0.2) is 30.3 Å². The minimum Gasteiger partial charge on any atom is -0.298 e. The van der Waals surface area contributed by atoms with Gasteiger partial charge in [0.05, 0.1) is 5.69 Å². The van der Waals surface area contributed by atoms with E-state index in [0.717, 1.165) is 51.0 Å². The number of carbonyl (C=O) groups is 1. The fraction of sp³-hybridized carbons (Fsp3) is 0.222. The molecule has 2 aromatic heterocycles. The zero-order chi connectivity index (χ0) is 15.3. The molecule has 0 atom stereocenters. The number of rotatable bonds is 3. The molecule has 0 saturated heterocycles. The van der Waals surface area contributed by atoms with Crippen LogP contribution >= 0.6 is 11.3 Å². The minimum atomic E-state index is -0.273. The minimum absolute atomic E-state index is 0.273. The molecule has 1 aromatic carbocycles. The Kier molecular flexibility index (Phi) is 3.08. The molecule has 4 heteroatoms. The standard InChI is InChI=1S/C18H14FNOS/c1-10-8-14-16(11-4-6-13(19)7-5-11)15(9-21)17(12-2-3-12)20-18(14)22-10/h4-9,12H,2-3H2,1H3. The Bertz CT molecular complexity index is 878. The van der Waals surface area contributed by atoms with Gasteiger partial charge in [0.25, 0.3) is 0 Å². The summed E-state index contributed by atoms with van der Waals surface area (Å²) in [6, 6.07) is 8.41. The number of benzene rings is 1. The van der Waals surface area contributed by atoms with Gasteiger partial charge in [-0.05, 0) is 43.5 Å². The van der Waals surface area contributed by atoms with Gasteiger partial charge >= 0.3 is 0 Å². The van der Waals surface area contributed by atoms with E-state index in [1.54, 1.807) is 23.5 Å². The van der Waals surface area contributed by atoms with Crippen molar-refractivity contribution in [2.75, 3.05) is 0 Å². The van der Waals surface area contributed by atoms with Gasteiger partial charge in [0.2, 0.25) is 0 Å². The highest BCUT2D eigenvalue weighted by atomic mass is 32.1. The summed E-state index contributed by atoms with van der Waals surface area (Å²) in [7, 11) is 0. The second-order valence-corrected chi connectivity index (χ2v) is 7.00. The van der Waals surface area contributed by atoms with E-state index in [-0.39, 0.29) is 5.82 Å². The summed E-state index contributed by atoms with van der Waals surface area (Å²) in [6.07, 6.45) is 3.09. The van der Waals surface area contributed by atoms with Crippen molar-refractivity contribution in [3.8, 4) is 11.1 Å². The first-order chi connectivity index (χ1) is 10.7. The maximum Gasteiger partial charge on any atom is 0.152 e. The van der Waals surface area contributed by atoms with Crippen molar-refractivity contribution in [3.63, 3.8) is 0 Å². The third-order valence-corrected chi connectivity index (χ3v) is 5.03. The van der Waals surface area contributed by atoms with Crippen molar-refractivity contribution in [1.29, 1.82) is 0 Å². The third kappa shape index (κ3) is 2.15. The Morgan fingerprint density at radius 2 is 2.00 bits per heavy atom. The van der Waals surface area contributed by atoms with Crippen LogP contribution in [0, 0.1) is 12.7 Å². The topological polar surface area (TPSA) is 30.0 Å². The Balaban J connectivity index is 2.08. The molecule has 0 unspecified atom stereocenters. The zero-order valence-corrected chi connectivity index (χ0v) is 12.9. The average Bonchev–Trinajstić information content (AvgIpc) is 3.28. The molecule has 4 rings (SSSR count). The first-order valence-electron chi connectivity index (χ1n) is 7.32. The number of hydrogen-bond acceptors (Lipinski definition) is 3. The Labute approximate surface area is 131 Å². The summed E-state index contributed by atoms with van der Waals surface area (Å²) in [5, 5.41) is 0.987. The fourth-order valence-electron chi connectivity index (χ4n) is 2.92. The molecule has 0 N–H and O–H groups in total. The van der Waals surface area contributed by atoms with Crippen LogP contribution in [-0.4, -0.2) is 11.3 Å². The first kappa shape index (κ1) is 13.6. The molecule has 0 aliphatic heterocycles. The highest BCUT2D eigenvalue weighted by molar-refractivity contribution is 7.18. The second-order valence-electron chi connectivity index (χ2n) is 5.76. The quantitative estimate of drug-likeness (QED) is 0.630. The molecule has 110 valence electrons. The van der Waals surface area contributed by atoms with Crippen LogP contribution in [0.25, 0.3) is 21.3 Å². The predicted octanol–water partition coefficient (Wildman–Crippen LogP) is 5.10. The molecule has 1 aliphatic rings. The number of nitrogens with zero attached hydrogens (tertiary/aromatic N) is 1. The van der Waals surface area contributed by atoms with Crippen LogP contribution in [0.1, 0.15) is 39.7 Å². The molecule has 2 nitrogen and oxygen atoms in total. The van der Waals surface area contributed by atoms with Gasteiger partial charge in [0, 0.05) is 27.3 Å². The number of pyridine rings is 1. The van der Waals surface area contributed by atoms with Crippen LogP contribution < -0.4 is 0 Å². The fourth-order valence-corrected chi connectivity index (χ4v) is 3.82. The number of fused-ring (bicyclic) bond motifs is 1. The van der Waals surface area contributed by atoms with E-state index in [1.807, 2.05) is 6.92 Å². The van der Waals surface area contributed by atoms with E-state index >= 15 is 0 Å². The number of aromatic nitrogens is 1. The van der Waals surface area contributed by atoms with E-state index in [4.69, 9.17) is 4.98 Å². The lowest BCUT2D eigenvalue weighted by molar-refractivity contribution is 0.112. The molecule has 0 amide bonds. The number of carbonyl (C=O) groups excluding carboxylic acids is 1. The van der Waals surface area contributed by atoms with Crippen molar-refractivity contribution >= 4 is 27.8 Å². The molecular formula is C18H14FNOS.